The number of methoxy groups -OCH3 is 4. The molecule has 10 nitrogen and oxygen atoms in total. The van der Waals surface area contributed by atoms with Crippen molar-refractivity contribution < 1.29 is 38.0 Å². The molecule has 3 aromatic rings. The third kappa shape index (κ3) is 7.07. The highest BCUT2D eigenvalue weighted by molar-refractivity contribution is 6.30. The second kappa shape index (κ2) is 13.2. The van der Waals surface area contributed by atoms with E-state index >= 15 is 0 Å². The van der Waals surface area contributed by atoms with Crippen LogP contribution in [0.2, 0.25) is 5.02 Å². The standard InChI is InChI=1S/C27H27ClN2O8/c1-16-10-19(28)7-9-20(16)37-15-25(31)30-29-14-17-6-8-21(22(11-17)33-2)38-27(32)18-12-23(34-3)26(36-5)24(13-18)35-4/h6-14H,15H2,1-5H3,(H,30,31)/b29-14+. The van der Waals surface area contributed by atoms with Crippen LogP contribution in [0.1, 0.15) is 21.5 Å². The molecule has 38 heavy (non-hydrogen) atoms. The van der Waals surface area contributed by atoms with E-state index in [1.807, 2.05) is 6.92 Å². The molecule has 0 radical (unpaired) electrons. The molecule has 0 fully saturated rings. The molecule has 0 unspecified atom stereocenters. The molecule has 0 aliphatic rings. The summed E-state index contributed by atoms with van der Waals surface area (Å²) in [4.78, 5) is 24.9. The van der Waals surface area contributed by atoms with Crippen molar-refractivity contribution in [2.24, 2.45) is 5.10 Å². The Balaban J connectivity index is 1.64. The van der Waals surface area contributed by atoms with Crippen molar-refractivity contribution in [1.29, 1.82) is 0 Å². The lowest BCUT2D eigenvalue weighted by Crippen LogP contribution is -2.24. The van der Waals surface area contributed by atoms with Gasteiger partial charge in [0, 0.05) is 5.02 Å². The number of hydrazone groups is 1. The largest absolute Gasteiger partial charge is 0.493 e. The average Bonchev–Trinajstić information content (AvgIpc) is 2.92. The fourth-order valence-electron chi connectivity index (χ4n) is 3.34. The lowest BCUT2D eigenvalue weighted by molar-refractivity contribution is -0.123. The minimum atomic E-state index is -0.660. The first kappa shape index (κ1) is 28.1. The third-order valence-electron chi connectivity index (χ3n) is 5.19. The Morgan fingerprint density at radius 2 is 1.50 bits per heavy atom. The highest BCUT2D eigenvalue weighted by Gasteiger charge is 2.19. The van der Waals surface area contributed by atoms with Crippen molar-refractivity contribution in [3.63, 3.8) is 0 Å². The maximum absolute atomic E-state index is 12.8. The van der Waals surface area contributed by atoms with Crippen LogP contribution in [0.25, 0.3) is 0 Å². The number of nitrogens with one attached hydrogen (secondary N) is 1. The number of carbonyl (C=O) groups is 2. The first-order valence-corrected chi connectivity index (χ1v) is 11.6. The molecule has 0 saturated carbocycles. The lowest BCUT2D eigenvalue weighted by Gasteiger charge is -2.14. The Hall–Kier alpha value is -4.44. The van der Waals surface area contributed by atoms with Gasteiger partial charge in [-0.05, 0) is 66.6 Å². The zero-order chi connectivity index (χ0) is 27.7. The zero-order valence-electron chi connectivity index (χ0n) is 21.5. The fourth-order valence-corrected chi connectivity index (χ4v) is 3.56. The van der Waals surface area contributed by atoms with Gasteiger partial charge in [0.1, 0.15) is 5.75 Å². The number of hydrogen-bond acceptors (Lipinski definition) is 9. The van der Waals surface area contributed by atoms with Crippen LogP contribution in [0.4, 0.5) is 0 Å². The molecule has 3 rings (SSSR count). The van der Waals surface area contributed by atoms with E-state index in [1.165, 1.54) is 46.8 Å². The van der Waals surface area contributed by atoms with Gasteiger partial charge in [-0.2, -0.15) is 5.10 Å². The molecule has 200 valence electrons. The Morgan fingerprint density at radius 1 is 0.842 bits per heavy atom. The summed E-state index contributed by atoms with van der Waals surface area (Å²) < 4.78 is 32.2. The van der Waals surface area contributed by atoms with Crippen molar-refractivity contribution in [3.8, 4) is 34.5 Å². The topological polar surface area (TPSA) is 114 Å². The van der Waals surface area contributed by atoms with Gasteiger partial charge in [-0.3, -0.25) is 4.79 Å². The second-order valence-electron chi connectivity index (χ2n) is 7.71. The van der Waals surface area contributed by atoms with Gasteiger partial charge in [-0.15, -0.1) is 0 Å². The zero-order valence-corrected chi connectivity index (χ0v) is 22.3. The number of rotatable bonds is 11. The molecule has 0 aliphatic heterocycles. The van der Waals surface area contributed by atoms with E-state index in [2.05, 4.69) is 10.5 Å². The second-order valence-corrected chi connectivity index (χ2v) is 8.14. The summed E-state index contributed by atoms with van der Waals surface area (Å²) in [5.41, 5.74) is 3.97. The molecule has 0 aliphatic carbocycles. The summed E-state index contributed by atoms with van der Waals surface area (Å²) in [6, 6.07) is 12.9. The van der Waals surface area contributed by atoms with E-state index in [-0.39, 0.29) is 23.7 Å². The summed E-state index contributed by atoms with van der Waals surface area (Å²) in [5, 5.41) is 4.51. The van der Waals surface area contributed by atoms with E-state index < -0.39 is 11.9 Å². The van der Waals surface area contributed by atoms with Crippen LogP contribution < -0.4 is 33.8 Å². The van der Waals surface area contributed by atoms with Crippen LogP contribution in [0.3, 0.4) is 0 Å². The normalized spacial score (nSPS) is 10.6. The number of halogens is 1. The highest BCUT2D eigenvalue weighted by atomic mass is 35.5. The van der Waals surface area contributed by atoms with E-state index in [4.69, 9.17) is 40.0 Å². The van der Waals surface area contributed by atoms with Crippen LogP contribution >= 0.6 is 11.6 Å². The molecule has 0 saturated heterocycles. The maximum Gasteiger partial charge on any atom is 0.343 e. The quantitative estimate of drug-likeness (QED) is 0.164. The van der Waals surface area contributed by atoms with Crippen molar-refractivity contribution >= 4 is 29.7 Å². The molecule has 0 spiro atoms. The maximum atomic E-state index is 12.8. The molecule has 1 amide bonds. The smallest absolute Gasteiger partial charge is 0.343 e. The SMILES string of the molecule is COc1cc(/C=N/NC(=O)COc2ccc(Cl)cc2C)ccc1OC(=O)c1cc(OC)c(OC)c(OC)c1. The Kier molecular flexibility index (Phi) is 9.78. The van der Waals surface area contributed by atoms with E-state index in [0.717, 1.165) is 5.56 Å². The molecule has 1 N–H and O–H groups in total. The fraction of sp³-hybridized carbons (Fsp3) is 0.222. The molecule has 0 heterocycles. The van der Waals surface area contributed by atoms with Crippen LogP contribution in [-0.2, 0) is 4.79 Å². The number of esters is 1. The molecule has 0 aromatic heterocycles. The summed E-state index contributed by atoms with van der Waals surface area (Å²) in [6.45, 7) is 1.61. The molecule has 0 atom stereocenters. The predicted octanol–water partition coefficient (Wildman–Crippen LogP) is 4.43. The van der Waals surface area contributed by atoms with Crippen LogP contribution in [-0.4, -0.2) is 53.1 Å². The molecular formula is C27H27ClN2O8. The number of carbonyl (C=O) groups excluding carboxylic acids is 2. The minimum absolute atomic E-state index is 0.180. The van der Waals surface area contributed by atoms with Crippen LogP contribution in [0.15, 0.2) is 53.6 Å². The predicted molar refractivity (Wildman–Crippen MR) is 141 cm³/mol. The number of nitrogens with zero attached hydrogens (tertiary/aromatic N) is 1. The van der Waals surface area contributed by atoms with Crippen molar-refractivity contribution in [1.82, 2.24) is 5.43 Å². The molecule has 3 aromatic carbocycles. The van der Waals surface area contributed by atoms with E-state index in [1.54, 1.807) is 36.4 Å². The number of hydrogen-bond donors (Lipinski definition) is 1. The monoisotopic (exact) mass is 542 g/mol. The Bertz CT molecular complexity index is 1320. The van der Waals surface area contributed by atoms with Gasteiger partial charge < -0.3 is 28.4 Å². The summed E-state index contributed by atoms with van der Waals surface area (Å²) in [5.74, 6) is 0.884. The lowest BCUT2D eigenvalue weighted by atomic mass is 10.1. The minimum Gasteiger partial charge on any atom is -0.493 e. The summed E-state index contributed by atoms with van der Waals surface area (Å²) in [7, 11) is 5.80. The first-order chi connectivity index (χ1) is 18.3. The molecule has 0 bridgehead atoms. The first-order valence-electron chi connectivity index (χ1n) is 11.2. The molecular weight excluding hydrogens is 516 g/mol. The number of aryl methyl sites for hydroxylation is 1. The summed E-state index contributed by atoms with van der Waals surface area (Å²) in [6.07, 6.45) is 1.42. The highest BCUT2D eigenvalue weighted by Crippen LogP contribution is 2.38. The van der Waals surface area contributed by atoms with Gasteiger partial charge >= 0.3 is 5.97 Å². The Morgan fingerprint density at radius 3 is 2.11 bits per heavy atom. The average molecular weight is 543 g/mol. The number of benzene rings is 3. The van der Waals surface area contributed by atoms with E-state index in [9.17, 15) is 9.59 Å². The van der Waals surface area contributed by atoms with Crippen molar-refractivity contribution in [2.45, 2.75) is 6.92 Å². The van der Waals surface area contributed by atoms with E-state index in [0.29, 0.717) is 33.6 Å². The van der Waals surface area contributed by atoms with Gasteiger partial charge in [0.05, 0.1) is 40.2 Å². The van der Waals surface area contributed by atoms with Gasteiger partial charge in [0.25, 0.3) is 5.91 Å². The van der Waals surface area contributed by atoms with Crippen molar-refractivity contribution in [2.75, 3.05) is 35.0 Å². The van der Waals surface area contributed by atoms with Gasteiger partial charge in [-0.25, -0.2) is 10.2 Å². The van der Waals surface area contributed by atoms with Gasteiger partial charge in [-0.1, -0.05) is 11.6 Å². The van der Waals surface area contributed by atoms with Crippen molar-refractivity contribution in [3.05, 3.63) is 70.2 Å². The van der Waals surface area contributed by atoms with Gasteiger partial charge in [0.2, 0.25) is 5.75 Å². The number of ether oxygens (including phenoxy) is 6. The van der Waals surface area contributed by atoms with Crippen LogP contribution in [0, 0.1) is 6.92 Å². The molecule has 11 heteroatoms. The Labute approximate surface area is 225 Å². The third-order valence-corrected chi connectivity index (χ3v) is 5.42. The summed E-state index contributed by atoms with van der Waals surface area (Å²) >= 11 is 5.92. The van der Waals surface area contributed by atoms with Crippen LogP contribution in [0.5, 0.6) is 34.5 Å². The number of amides is 1. The van der Waals surface area contributed by atoms with Gasteiger partial charge in [0.15, 0.2) is 29.6 Å².